The second-order valence-electron chi connectivity index (χ2n) is 5.04. The summed E-state index contributed by atoms with van der Waals surface area (Å²) in [5, 5.41) is 12.4. The SMILES string of the molecule is Cn1cc(CN2CC[C@H](c3nncn3C)C2)cn1. The Bertz CT molecular complexity index is 528. The van der Waals surface area contributed by atoms with Gasteiger partial charge in [-0.25, -0.2) is 0 Å². The molecule has 6 nitrogen and oxygen atoms in total. The Kier molecular flexibility index (Phi) is 2.87. The first-order valence-electron chi connectivity index (χ1n) is 6.26. The normalized spacial score (nSPS) is 20.7. The summed E-state index contributed by atoms with van der Waals surface area (Å²) in [4.78, 5) is 2.45. The maximum atomic E-state index is 4.21. The summed E-state index contributed by atoms with van der Waals surface area (Å²) in [6.45, 7) is 3.15. The molecule has 0 spiro atoms. The molecule has 3 rings (SSSR count). The van der Waals surface area contributed by atoms with Crippen LogP contribution in [0.5, 0.6) is 0 Å². The minimum atomic E-state index is 0.508. The van der Waals surface area contributed by atoms with Gasteiger partial charge >= 0.3 is 0 Å². The van der Waals surface area contributed by atoms with Gasteiger partial charge in [-0.1, -0.05) is 0 Å². The van der Waals surface area contributed by atoms with Crippen molar-refractivity contribution in [2.75, 3.05) is 13.1 Å². The molecule has 1 fully saturated rings. The molecule has 1 atom stereocenters. The smallest absolute Gasteiger partial charge is 0.136 e. The van der Waals surface area contributed by atoms with Crippen molar-refractivity contribution in [1.82, 2.24) is 29.4 Å². The van der Waals surface area contributed by atoms with E-state index in [-0.39, 0.29) is 0 Å². The molecule has 0 unspecified atom stereocenters. The highest BCUT2D eigenvalue weighted by molar-refractivity contribution is 5.06. The summed E-state index contributed by atoms with van der Waals surface area (Å²) in [5.41, 5.74) is 1.27. The topological polar surface area (TPSA) is 51.8 Å². The van der Waals surface area contributed by atoms with E-state index in [1.807, 2.05) is 29.5 Å². The number of aromatic nitrogens is 5. The molecule has 2 aromatic heterocycles. The molecule has 18 heavy (non-hydrogen) atoms. The van der Waals surface area contributed by atoms with E-state index in [2.05, 4.69) is 26.4 Å². The van der Waals surface area contributed by atoms with E-state index in [1.165, 1.54) is 5.56 Å². The Morgan fingerprint density at radius 3 is 2.94 bits per heavy atom. The van der Waals surface area contributed by atoms with Crippen molar-refractivity contribution in [3.8, 4) is 0 Å². The first-order valence-corrected chi connectivity index (χ1v) is 6.26. The summed E-state index contributed by atoms with van der Waals surface area (Å²) in [6.07, 6.45) is 6.96. The molecule has 3 heterocycles. The van der Waals surface area contributed by atoms with Gasteiger partial charge in [-0.2, -0.15) is 5.10 Å². The fourth-order valence-corrected chi connectivity index (χ4v) is 2.66. The monoisotopic (exact) mass is 246 g/mol. The molecule has 0 aromatic carbocycles. The molecule has 1 aliphatic rings. The first-order chi connectivity index (χ1) is 8.72. The van der Waals surface area contributed by atoms with E-state index in [4.69, 9.17) is 0 Å². The van der Waals surface area contributed by atoms with Crippen LogP contribution in [-0.4, -0.2) is 42.5 Å². The Hall–Kier alpha value is -1.69. The molecule has 1 aliphatic heterocycles. The lowest BCUT2D eigenvalue weighted by atomic mass is 10.1. The Balaban J connectivity index is 1.63. The summed E-state index contributed by atoms with van der Waals surface area (Å²) < 4.78 is 3.88. The van der Waals surface area contributed by atoms with Crippen LogP contribution >= 0.6 is 0 Å². The molecular weight excluding hydrogens is 228 g/mol. The third-order valence-corrected chi connectivity index (χ3v) is 3.55. The average Bonchev–Trinajstić information content (AvgIpc) is 3.02. The molecule has 6 heteroatoms. The zero-order valence-corrected chi connectivity index (χ0v) is 10.8. The lowest BCUT2D eigenvalue weighted by Crippen LogP contribution is -2.20. The second-order valence-corrected chi connectivity index (χ2v) is 5.04. The van der Waals surface area contributed by atoms with Gasteiger partial charge in [-0.05, 0) is 13.0 Å². The highest BCUT2D eigenvalue weighted by atomic mass is 15.3. The number of rotatable bonds is 3. The minimum Gasteiger partial charge on any atom is -0.320 e. The molecule has 2 aromatic rings. The molecule has 0 bridgehead atoms. The molecule has 1 saturated heterocycles. The molecule has 0 N–H and O–H groups in total. The van der Waals surface area contributed by atoms with Gasteiger partial charge in [-0.15, -0.1) is 10.2 Å². The van der Waals surface area contributed by atoms with Crippen molar-refractivity contribution in [2.24, 2.45) is 14.1 Å². The van der Waals surface area contributed by atoms with Gasteiger partial charge in [0.05, 0.1) is 6.20 Å². The lowest BCUT2D eigenvalue weighted by Gasteiger charge is -2.14. The van der Waals surface area contributed by atoms with Crippen LogP contribution in [0.25, 0.3) is 0 Å². The van der Waals surface area contributed by atoms with Gasteiger partial charge in [0.15, 0.2) is 0 Å². The number of aryl methyl sites for hydroxylation is 2. The molecule has 0 aliphatic carbocycles. The van der Waals surface area contributed by atoms with Gasteiger partial charge in [0.2, 0.25) is 0 Å². The zero-order chi connectivity index (χ0) is 12.5. The second kappa shape index (κ2) is 4.53. The van der Waals surface area contributed by atoms with E-state index in [1.54, 1.807) is 6.33 Å². The average molecular weight is 246 g/mol. The van der Waals surface area contributed by atoms with Gasteiger partial charge in [0.1, 0.15) is 12.2 Å². The van der Waals surface area contributed by atoms with Crippen LogP contribution in [0.15, 0.2) is 18.7 Å². The van der Waals surface area contributed by atoms with Crippen LogP contribution in [-0.2, 0) is 20.6 Å². The number of likely N-dealkylation sites (tertiary alicyclic amines) is 1. The van der Waals surface area contributed by atoms with Crippen LogP contribution < -0.4 is 0 Å². The van der Waals surface area contributed by atoms with Gasteiger partial charge in [0.25, 0.3) is 0 Å². The maximum absolute atomic E-state index is 4.21. The van der Waals surface area contributed by atoms with Crippen molar-refractivity contribution < 1.29 is 0 Å². The van der Waals surface area contributed by atoms with Crippen LogP contribution in [0.1, 0.15) is 23.7 Å². The molecule has 0 radical (unpaired) electrons. The van der Waals surface area contributed by atoms with E-state index < -0.39 is 0 Å². The van der Waals surface area contributed by atoms with Crippen molar-refractivity contribution in [1.29, 1.82) is 0 Å². The summed E-state index contributed by atoms with van der Waals surface area (Å²) in [5.74, 6) is 1.61. The standard InChI is InChI=1S/C12H18N6/c1-16-9-13-15-12(16)11-3-4-18(8-11)7-10-5-14-17(2)6-10/h5-6,9,11H,3-4,7-8H2,1-2H3/t11-/m0/s1. The van der Waals surface area contributed by atoms with Crippen LogP contribution in [0.3, 0.4) is 0 Å². The molecule has 0 amide bonds. The summed E-state index contributed by atoms with van der Waals surface area (Å²) in [6, 6.07) is 0. The fourth-order valence-electron chi connectivity index (χ4n) is 2.66. The van der Waals surface area contributed by atoms with Crippen molar-refractivity contribution in [3.63, 3.8) is 0 Å². The Labute approximate surface area is 106 Å². The minimum absolute atomic E-state index is 0.508. The third-order valence-electron chi connectivity index (χ3n) is 3.55. The maximum Gasteiger partial charge on any atom is 0.136 e. The molecule has 96 valence electrons. The zero-order valence-electron chi connectivity index (χ0n) is 10.8. The number of nitrogens with zero attached hydrogens (tertiary/aromatic N) is 6. The molecule has 0 saturated carbocycles. The van der Waals surface area contributed by atoms with E-state index in [9.17, 15) is 0 Å². The lowest BCUT2D eigenvalue weighted by molar-refractivity contribution is 0.325. The van der Waals surface area contributed by atoms with E-state index in [0.717, 1.165) is 31.9 Å². The third kappa shape index (κ3) is 2.15. The van der Waals surface area contributed by atoms with Crippen molar-refractivity contribution in [3.05, 3.63) is 30.1 Å². The van der Waals surface area contributed by atoms with Crippen molar-refractivity contribution in [2.45, 2.75) is 18.9 Å². The van der Waals surface area contributed by atoms with Crippen LogP contribution in [0, 0.1) is 0 Å². The summed E-state index contributed by atoms with van der Waals surface area (Å²) >= 11 is 0. The Morgan fingerprint density at radius 2 is 2.28 bits per heavy atom. The predicted molar refractivity (Wildman–Crippen MR) is 66.8 cm³/mol. The fraction of sp³-hybridized carbons (Fsp3) is 0.583. The largest absolute Gasteiger partial charge is 0.320 e. The quantitative estimate of drug-likeness (QED) is 0.793. The van der Waals surface area contributed by atoms with E-state index in [0.29, 0.717) is 5.92 Å². The van der Waals surface area contributed by atoms with Gasteiger partial charge in [0, 0.05) is 44.9 Å². The van der Waals surface area contributed by atoms with Crippen molar-refractivity contribution >= 4 is 0 Å². The predicted octanol–water partition coefficient (Wildman–Crippen LogP) is 0.538. The van der Waals surface area contributed by atoms with Gasteiger partial charge < -0.3 is 4.57 Å². The number of hydrogen-bond acceptors (Lipinski definition) is 4. The summed E-state index contributed by atoms with van der Waals surface area (Å²) in [7, 11) is 3.97. The highest BCUT2D eigenvalue weighted by Crippen LogP contribution is 2.26. The molecular formula is C12H18N6. The number of hydrogen-bond donors (Lipinski definition) is 0. The van der Waals surface area contributed by atoms with E-state index >= 15 is 0 Å². The van der Waals surface area contributed by atoms with Crippen LogP contribution in [0.4, 0.5) is 0 Å². The van der Waals surface area contributed by atoms with Gasteiger partial charge in [-0.3, -0.25) is 9.58 Å². The first kappa shape index (κ1) is 11.4. The highest BCUT2D eigenvalue weighted by Gasteiger charge is 2.27. The Morgan fingerprint density at radius 1 is 1.39 bits per heavy atom. The van der Waals surface area contributed by atoms with Crippen LogP contribution in [0.2, 0.25) is 0 Å².